The van der Waals surface area contributed by atoms with Crippen LogP contribution in [0.4, 0.5) is 0 Å². The summed E-state index contributed by atoms with van der Waals surface area (Å²) in [6.07, 6.45) is -0.426. The molecule has 0 radical (unpaired) electrons. The van der Waals surface area contributed by atoms with Gasteiger partial charge in [0, 0.05) is 29.2 Å². The van der Waals surface area contributed by atoms with Crippen LogP contribution >= 0.6 is 0 Å². The van der Waals surface area contributed by atoms with Gasteiger partial charge in [-0.05, 0) is 38.0 Å². The number of aliphatic hydroxyl groups excluding tert-OH is 1. The van der Waals surface area contributed by atoms with Crippen LogP contribution in [0.1, 0.15) is 29.8 Å². The molecule has 0 aliphatic rings. The number of aromatic nitrogens is 1. The predicted octanol–water partition coefficient (Wildman–Crippen LogP) is 3.13. The van der Waals surface area contributed by atoms with Crippen LogP contribution in [0, 0.1) is 13.8 Å². The number of hydrogen-bond acceptors (Lipinski definition) is 4. The lowest BCUT2D eigenvalue weighted by atomic mass is 10.1. The van der Waals surface area contributed by atoms with Crippen molar-refractivity contribution in [2.45, 2.75) is 39.5 Å². The molecule has 7 nitrogen and oxygen atoms in total. The highest BCUT2D eigenvalue weighted by Gasteiger charge is 2.14. The summed E-state index contributed by atoms with van der Waals surface area (Å²) in [6.45, 7) is 7.58. The minimum Gasteiger partial charge on any atom is -0.473 e. The quantitative estimate of drug-likeness (QED) is 0.463. The van der Waals surface area contributed by atoms with Crippen LogP contribution in [0.2, 0.25) is 0 Å². The summed E-state index contributed by atoms with van der Waals surface area (Å²) in [5.41, 5.74) is 4.96. The highest BCUT2D eigenvalue weighted by Crippen LogP contribution is 2.25. The van der Waals surface area contributed by atoms with Gasteiger partial charge in [-0.15, -0.1) is 0 Å². The maximum Gasteiger partial charge on any atom is 0.414 e. The number of nitrogens with zero attached hydrogens (tertiary/aromatic N) is 1. The number of benzene rings is 2. The van der Waals surface area contributed by atoms with Crippen LogP contribution in [0.3, 0.4) is 0 Å². The van der Waals surface area contributed by atoms with E-state index in [2.05, 4.69) is 67.1 Å². The van der Waals surface area contributed by atoms with Gasteiger partial charge in [-0.1, -0.05) is 48.5 Å². The number of carbonyl (C=O) groups is 2. The van der Waals surface area contributed by atoms with Gasteiger partial charge in [-0.25, -0.2) is 9.59 Å². The zero-order valence-corrected chi connectivity index (χ0v) is 17.4. The highest BCUT2D eigenvalue weighted by atomic mass is 16.4. The van der Waals surface area contributed by atoms with Crippen LogP contribution in [0.15, 0.2) is 54.6 Å². The van der Waals surface area contributed by atoms with Crippen LogP contribution in [-0.2, 0) is 16.1 Å². The fraction of sp³-hybridized carbons (Fsp3) is 0.304. The average molecular weight is 412 g/mol. The van der Waals surface area contributed by atoms with Crippen LogP contribution < -0.4 is 5.32 Å². The van der Waals surface area contributed by atoms with Crippen molar-refractivity contribution in [1.29, 1.82) is 0 Å². The lowest BCUT2D eigenvalue weighted by molar-refractivity contribution is -0.159. The molecule has 3 aromatic rings. The Hall–Kier alpha value is -3.16. The second-order valence-electron chi connectivity index (χ2n) is 7.14. The smallest absolute Gasteiger partial charge is 0.414 e. The Kier molecular flexibility index (Phi) is 8.15. The monoisotopic (exact) mass is 412 g/mol. The van der Waals surface area contributed by atoms with Gasteiger partial charge in [0.25, 0.3) is 0 Å². The van der Waals surface area contributed by atoms with E-state index < -0.39 is 18.0 Å². The van der Waals surface area contributed by atoms with E-state index in [9.17, 15) is 5.11 Å². The molecule has 30 heavy (non-hydrogen) atoms. The number of aryl methyl sites for hydroxylation is 1. The maximum absolute atomic E-state index is 10.5. The number of carboxylic acid groups (broad SMARTS) is 2. The molecule has 2 atom stereocenters. The van der Waals surface area contributed by atoms with E-state index in [0.717, 1.165) is 0 Å². The van der Waals surface area contributed by atoms with E-state index in [1.165, 1.54) is 27.7 Å². The molecule has 0 saturated carbocycles. The number of para-hydroxylation sites is 1. The molecule has 2 aromatic carbocycles. The van der Waals surface area contributed by atoms with Gasteiger partial charge in [0.05, 0.1) is 12.6 Å². The Bertz CT molecular complexity index is 986. The van der Waals surface area contributed by atoms with E-state index in [1.807, 2.05) is 18.2 Å². The molecule has 2 unspecified atom stereocenters. The van der Waals surface area contributed by atoms with Gasteiger partial charge in [0.2, 0.25) is 0 Å². The van der Waals surface area contributed by atoms with Crippen molar-refractivity contribution >= 4 is 22.8 Å². The Balaban J connectivity index is 0.000000469. The second-order valence-corrected chi connectivity index (χ2v) is 7.14. The molecular weight excluding hydrogens is 384 g/mol. The molecule has 0 amide bonds. The summed E-state index contributed by atoms with van der Waals surface area (Å²) in [6, 6.07) is 19.0. The maximum atomic E-state index is 10.5. The van der Waals surface area contributed by atoms with E-state index in [0.29, 0.717) is 13.1 Å². The molecular formula is C23H28N2O5. The van der Waals surface area contributed by atoms with Gasteiger partial charge >= 0.3 is 11.9 Å². The summed E-state index contributed by atoms with van der Waals surface area (Å²) in [7, 11) is 0. The van der Waals surface area contributed by atoms with Crippen molar-refractivity contribution in [2.24, 2.45) is 0 Å². The first-order chi connectivity index (χ1) is 14.2. The van der Waals surface area contributed by atoms with Crippen molar-refractivity contribution in [3.8, 4) is 0 Å². The zero-order valence-electron chi connectivity index (χ0n) is 17.4. The highest BCUT2D eigenvalue weighted by molar-refractivity contribution is 6.27. The topological polar surface area (TPSA) is 112 Å². The van der Waals surface area contributed by atoms with Crippen LogP contribution in [0.5, 0.6) is 0 Å². The van der Waals surface area contributed by atoms with Gasteiger partial charge in [0.1, 0.15) is 0 Å². The fourth-order valence-corrected chi connectivity index (χ4v) is 3.29. The third-order valence-corrected chi connectivity index (χ3v) is 5.08. The third kappa shape index (κ3) is 5.92. The second kappa shape index (κ2) is 10.6. The molecule has 7 heteroatoms. The first-order valence-electron chi connectivity index (χ1n) is 9.69. The molecule has 160 valence electrons. The third-order valence-electron chi connectivity index (χ3n) is 5.08. The zero-order chi connectivity index (χ0) is 22.3. The first-order valence-corrected chi connectivity index (χ1v) is 9.69. The first kappa shape index (κ1) is 23.1. The minimum absolute atomic E-state index is 0.227. The number of hydrogen-bond donors (Lipinski definition) is 4. The number of rotatable bonds is 6. The number of nitrogens with one attached hydrogen (secondary N) is 1. The van der Waals surface area contributed by atoms with Crippen molar-refractivity contribution in [1.82, 2.24) is 9.88 Å². The molecule has 0 saturated heterocycles. The molecule has 4 N–H and O–H groups in total. The Morgan fingerprint density at radius 3 is 2.13 bits per heavy atom. The number of aliphatic hydroxyl groups is 1. The predicted molar refractivity (Wildman–Crippen MR) is 116 cm³/mol. The summed E-state index contributed by atoms with van der Waals surface area (Å²) in [4.78, 5) is 18.2. The largest absolute Gasteiger partial charge is 0.473 e. The van der Waals surface area contributed by atoms with E-state index in [1.54, 1.807) is 0 Å². The molecule has 0 aliphatic heterocycles. The fourth-order valence-electron chi connectivity index (χ4n) is 3.29. The van der Waals surface area contributed by atoms with Crippen molar-refractivity contribution in [2.75, 3.05) is 6.54 Å². The Labute approximate surface area is 175 Å². The lowest BCUT2D eigenvalue weighted by Crippen LogP contribution is -2.32. The Morgan fingerprint density at radius 2 is 1.53 bits per heavy atom. The van der Waals surface area contributed by atoms with E-state index in [-0.39, 0.29) is 6.04 Å². The SMILES string of the molecule is Cc1c(C)n(CC(O)CNC(C)c2ccccc2)c2ccccc12.O=C(O)C(=O)O. The molecule has 0 spiro atoms. The molecule has 1 heterocycles. The van der Waals surface area contributed by atoms with E-state index in [4.69, 9.17) is 19.8 Å². The van der Waals surface area contributed by atoms with Gasteiger partial charge in [0.15, 0.2) is 0 Å². The van der Waals surface area contributed by atoms with Gasteiger partial charge < -0.3 is 25.2 Å². The van der Waals surface area contributed by atoms with Crippen LogP contribution in [-0.4, -0.2) is 44.5 Å². The van der Waals surface area contributed by atoms with Crippen molar-refractivity contribution in [3.63, 3.8) is 0 Å². The van der Waals surface area contributed by atoms with Crippen molar-refractivity contribution < 1.29 is 24.9 Å². The van der Waals surface area contributed by atoms with Crippen LogP contribution in [0.25, 0.3) is 10.9 Å². The lowest BCUT2D eigenvalue weighted by Gasteiger charge is -2.19. The molecule has 0 fully saturated rings. The summed E-state index contributed by atoms with van der Waals surface area (Å²) >= 11 is 0. The number of fused-ring (bicyclic) bond motifs is 1. The van der Waals surface area contributed by atoms with Gasteiger partial charge in [-0.3, -0.25) is 0 Å². The average Bonchev–Trinajstić information content (AvgIpc) is 2.98. The molecule has 0 aliphatic carbocycles. The summed E-state index contributed by atoms with van der Waals surface area (Å²) < 4.78 is 2.23. The molecule has 3 rings (SSSR count). The summed E-state index contributed by atoms with van der Waals surface area (Å²) in [5, 5.41) is 30.0. The number of aliphatic carboxylic acids is 2. The Morgan fingerprint density at radius 1 is 0.967 bits per heavy atom. The summed E-state index contributed by atoms with van der Waals surface area (Å²) in [5.74, 6) is -3.65. The van der Waals surface area contributed by atoms with Gasteiger partial charge in [-0.2, -0.15) is 0 Å². The normalized spacial score (nSPS) is 12.7. The molecule has 0 bridgehead atoms. The number of carboxylic acids is 2. The van der Waals surface area contributed by atoms with E-state index >= 15 is 0 Å². The standard InChI is InChI=1S/C21H26N2O.C2H2O4/c1-15-17(3)23(21-12-8-7-11-20(15)21)14-19(24)13-22-16(2)18-9-5-4-6-10-18;3-1(4)2(5)6/h4-12,16,19,22,24H,13-14H2,1-3H3;(H,3,4)(H,5,6). The molecule has 1 aromatic heterocycles. The van der Waals surface area contributed by atoms with Crippen molar-refractivity contribution in [3.05, 3.63) is 71.4 Å². The minimum atomic E-state index is -1.82.